The first kappa shape index (κ1) is 13.6. The van der Waals surface area contributed by atoms with Crippen LogP contribution in [0.4, 0.5) is 4.39 Å². The Balaban J connectivity index is 2.05. The van der Waals surface area contributed by atoms with Gasteiger partial charge in [0, 0.05) is 5.39 Å². The van der Waals surface area contributed by atoms with Gasteiger partial charge in [0.2, 0.25) is 0 Å². The summed E-state index contributed by atoms with van der Waals surface area (Å²) in [5, 5.41) is 4.24. The second kappa shape index (κ2) is 5.58. The Morgan fingerprint density at radius 1 is 1.14 bits per heavy atom. The van der Waals surface area contributed by atoms with Gasteiger partial charge in [-0.2, -0.15) is 0 Å². The molecule has 1 aromatic heterocycles. The topological polar surface area (TPSA) is 34.4 Å². The lowest BCUT2D eigenvalue weighted by Crippen LogP contribution is -2.17. The van der Waals surface area contributed by atoms with E-state index in [1.54, 1.807) is 12.1 Å². The van der Waals surface area contributed by atoms with Crippen LogP contribution < -0.4 is 10.1 Å². The fraction of sp³-hybridized carbons (Fsp3) is 0.176. The summed E-state index contributed by atoms with van der Waals surface area (Å²) >= 11 is 0. The zero-order valence-electron chi connectivity index (χ0n) is 11.9. The molecule has 0 bridgehead atoms. The van der Waals surface area contributed by atoms with Crippen molar-refractivity contribution in [2.24, 2.45) is 0 Å². The van der Waals surface area contributed by atoms with Gasteiger partial charge in [0.25, 0.3) is 0 Å². The van der Waals surface area contributed by atoms with Crippen LogP contribution in [0.5, 0.6) is 5.75 Å². The summed E-state index contributed by atoms with van der Waals surface area (Å²) in [5.74, 6) is 0.636. The van der Waals surface area contributed by atoms with Gasteiger partial charge in [0.05, 0.1) is 13.2 Å². The van der Waals surface area contributed by atoms with Gasteiger partial charge in [-0.25, -0.2) is 4.39 Å². The van der Waals surface area contributed by atoms with Crippen molar-refractivity contribution in [2.45, 2.75) is 6.04 Å². The van der Waals surface area contributed by atoms with Gasteiger partial charge < -0.3 is 14.5 Å². The van der Waals surface area contributed by atoms with E-state index in [4.69, 9.17) is 9.15 Å². The number of nitrogens with one attached hydrogen (secondary N) is 1. The number of para-hydroxylation sites is 1. The van der Waals surface area contributed by atoms with Gasteiger partial charge in [-0.1, -0.05) is 24.3 Å². The molecule has 0 aliphatic carbocycles. The van der Waals surface area contributed by atoms with Crippen molar-refractivity contribution in [3.05, 3.63) is 65.7 Å². The molecular weight excluding hydrogens is 269 g/mol. The summed E-state index contributed by atoms with van der Waals surface area (Å²) < 4.78 is 24.5. The molecule has 2 aromatic carbocycles. The van der Waals surface area contributed by atoms with Crippen molar-refractivity contribution in [1.29, 1.82) is 0 Å². The number of ether oxygens (including phenoxy) is 1. The Kier molecular flexibility index (Phi) is 3.62. The molecule has 1 N–H and O–H groups in total. The number of furan rings is 1. The van der Waals surface area contributed by atoms with Crippen LogP contribution >= 0.6 is 0 Å². The molecule has 1 unspecified atom stereocenters. The van der Waals surface area contributed by atoms with Crippen molar-refractivity contribution < 1.29 is 13.5 Å². The Hall–Kier alpha value is -2.33. The quantitative estimate of drug-likeness (QED) is 0.789. The number of fused-ring (bicyclic) bond motifs is 1. The van der Waals surface area contributed by atoms with E-state index in [0.717, 1.165) is 22.3 Å². The standard InChI is InChI=1S/C17H16FNO2/c1-19-17(12-7-8-13(18)15(10-12)20-2)16-9-11-5-3-4-6-14(11)21-16/h3-10,17,19H,1-2H3. The summed E-state index contributed by atoms with van der Waals surface area (Å²) in [5.41, 5.74) is 1.72. The fourth-order valence-electron chi connectivity index (χ4n) is 2.47. The number of halogens is 1. The Bertz CT molecular complexity index is 733. The van der Waals surface area contributed by atoms with Crippen LogP contribution in [-0.4, -0.2) is 14.2 Å². The lowest BCUT2D eigenvalue weighted by atomic mass is 10.0. The molecule has 0 aliphatic heterocycles. The predicted octanol–water partition coefficient (Wildman–Crippen LogP) is 3.89. The molecule has 0 aliphatic rings. The normalized spacial score (nSPS) is 12.5. The number of methoxy groups -OCH3 is 1. The van der Waals surface area contributed by atoms with E-state index >= 15 is 0 Å². The molecular formula is C17H16FNO2. The summed E-state index contributed by atoms with van der Waals surface area (Å²) in [4.78, 5) is 0. The lowest BCUT2D eigenvalue weighted by molar-refractivity contribution is 0.384. The molecule has 3 nitrogen and oxygen atoms in total. The molecule has 0 saturated carbocycles. The maximum absolute atomic E-state index is 13.5. The first-order valence-corrected chi connectivity index (χ1v) is 6.72. The monoisotopic (exact) mass is 285 g/mol. The minimum absolute atomic E-state index is 0.160. The van der Waals surface area contributed by atoms with E-state index in [9.17, 15) is 4.39 Å². The minimum atomic E-state index is -0.374. The maximum atomic E-state index is 13.5. The molecule has 3 rings (SSSR count). The molecule has 0 amide bonds. The third kappa shape index (κ3) is 2.50. The smallest absolute Gasteiger partial charge is 0.165 e. The van der Waals surface area contributed by atoms with Crippen LogP contribution in [0.15, 0.2) is 52.9 Å². The average Bonchev–Trinajstić information content (AvgIpc) is 2.93. The van der Waals surface area contributed by atoms with Gasteiger partial charge in [-0.15, -0.1) is 0 Å². The van der Waals surface area contributed by atoms with Crippen LogP contribution in [0, 0.1) is 5.82 Å². The Morgan fingerprint density at radius 3 is 2.67 bits per heavy atom. The van der Waals surface area contributed by atoms with Crippen molar-refractivity contribution in [3.8, 4) is 5.75 Å². The van der Waals surface area contributed by atoms with Gasteiger partial charge in [0.1, 0.15) is 11.3 Å². The molecule has 108 valence electrons. The third-order valence-electron chi connectivity index (χ3n) is 3.53. The first-order valence-electron chi connectivity index (χ1n) is 6.72. The van der Waals surface area contributed by atoms with E-state index in [1.807, 2.05) is 37.4 Å². The molecule has 1 heterocycles. The zero-order valence-corrected chi connectivity index (χ0v) is 11.9. The highest BCUT2D eigenvalue weighted by molar-refractivity contribution is 5.78. The highest BCUT2D eigenvalue weighted by atomic mass is 19.1. The molecule has 0 radical (unpaired) electrons. The molecule has 4 heteroatoms. The Morgan fingerprint density at radius 2 is 1.95 bits per heavy atom. The van der Waals surface area contributed by atoms with Gasteiger partial charge in [0.15, 0.2) is 11.6 Å². The number of benzene rings is 2. The third-order valence-corrected chi connectivity index (χ3v) is 3.53. The molecule has 3 aromatic rings. The van der Waals surface area contributed by atoms with Gasteiger partial charge in [-0.05, 0) is 36.9 Å². The largest absolute Gasteiger partial charge is 0.494 e. The first-order chi connectivity index (χ1) is 10.2. The summed E-state index contributed by atoms with van der Waals surface area (Å²) in [6.45, 7) is 0. The van der Waals surface area contributed by atoms with Crippen LogP contribution in [0.3, 0.4) is 0 Å². The number of hydrogen-bond donors (Lipinski definition) is 1. The molecule has 21 heavy (non-hydrogen) atoms. The van der Waals surface area contributed by atoms with Gasteiger partial charge >= 0.3 is 0 Å². The lowest BCUT2D eigenvalue weighted by Gasteiger charge is -2.15. The maximum Gasteiger partial charge on any atom is 0.165 e. The minimum Gasteiger partial charge on any atom is -0.494 e. The number of hydrogen-bond acceptors (Lipinski definition) is 3. The van der Waals surface area contributed by atoms with Crippen LogP contribution in [0.2, 0.25) is 0 Å². The molecule has 0 saturated heterocycles. The molecule has 0 fully saturated rings. The summed E-state index contributed by atoms with van der Waals surface area (Å²) in [7, 11) is 3.30. The van der Waals surface area contributed by atoms with Crippen LogP contribution in [-0.2, 0) is 0 Å². The molecule has 0 spiro atoms. The SMILES string of the molecule is CNC(c1ccc(F)c(OC)c1)c1cc2ccccc2o1. The van der Waals surface area contributed by atoms with E-state index in [1.165, 1.54) is 13.2 Å². The highest BCUT2D eigenvalue weighted by Gasteiger charge is 2.18. The Labute approximate surface area is 122 Å². The van der Waals surface area contributed by atoms with Crippen molar-refractivity contribution in [2.75, 3.05) is 14.2 Å². The highest BCUT2D eigenvalue weighted by Crippen LogP contribution is 2.30. The van der Waals surface area contributed by atoms with E-state index < -0.39 is 0 Å². The van der Waals surface area contributed by atoms with E-state index in [-0.39, 0.29) is 17.6 Å². The summed E-state index contributed by atoms with van der Waals surface area (Å²) in [6, 6.07) is 14.5. The second-order valence-corrected chi connectivity index (χ2v) is 4.80. The van der Waals surface area contributed by atoms with Crippen molar-refractivity contribution in [3.63, 3.8) is 0 Å². The zero-order chi connectivity index (χ0) is 14.8. The van der Waals surface area contributed by atoms with Crippen molar-refractivity contribution >= 4 is 11.0 Å². The number of rotatable bonds is 4. The van der Waals surface area contributed by atoms with Crippen molar-refractivity contribution in [1.82, 2.24) is 5.32 Å². The van der Waals surface area contributed by atoms with E-state index in [2.05, 4.69) is 5.32 Å². The second-order valence-electron chi connectivity index (χ2n) is 4.80. The van der Waals surface area contributed by atoms with Crippen LogP contribution in [0.25, 0.3) is 11.0 Å². The fourth-order valence-corrected chi connectivity index (χ4v) is 2.47. The van der Waals surface area contributed by atoms with Crippen LogP contribution in [0.1, 0.15) is 17.4 Å². The predicted molar refractivity (Wildman–Crippen MR) is 80.1 cm³/mol. The van der Waals surface area contributed by atoms with Gasteiger partial charge in [-0.3, -0.25) is 0 Å². The summed E-state index contributed by atoms with van der Waals surface area (Å²) in [6.07, 6.45) is 0. The molecule has 1 atom stereocenters. The van der Waals surface area contributed by atoms with E-state index in [0.29, 0.717) is 0 Å². The average molecular weight is 285 g/mol.